The maximum Gasteiger partial charge on any atom is 0.162 e. The SMILES string of the molecule is COc1ccc(NCc2ccc[nH]2)cc1OC. The third-order valence-electron chi connectivity index (χ3n) is 2.53. The van der Waals surface area contributed by atoms with E-state index in [9.17, 15) is 0 Å². The van der Waals surface area contributed by atoms with Crippen molar-refractivity contribution < 1.29 is 9.47 Å². The van der Waals surface area contributed by atoms with Gasteiger partial charge in [0.1, 0.15) is 0 Å². The molecule has 0 saturated heterocycles. The van der Waals surface area contributed by atoms with Gasteiger partial charge in [0.25, 0.3) is 0 Å². The number of aromatic nitrogens is 1. The van der Waals surface area contributed by atoms with Crippen molar-refractivity contribution >= 4 is 5.69 Å². The lowest BCUT2D eigenvalue weighted by Gasteiger charge is -2.10. The van der Waals surface area contributed by atoms with E-state index in [1.807, 2.05) is 36.5 Å². The van der Waals surface area contributed by atoms with Gasteiger partial charge in [0.15, 0.2) is 11.5 Å². The second kappa shape index (κ2) is 5.30. The molecule has 1 aromatic heterocycles. The maximum absolute atomic E-state index is 5.24. The molecular weight excluding hydrogens is 216 g/mol. The van der Waals surface area contributed by atoms with E-state index in [4.69, 9.17) is 9.47 Å². The molecule has 0 aliphatic rings. The summed E-state index contributed by atoms with van der Waals surface area (Å²) in [7, 11) is 3.26. The molecule has 4 nitrogen and oxygen atoms in total. The minimum absolute atomic E-state index is 0.726. The van der Waals surface area contributed by atoms with Crippen molar-refractivity contribution in [3.8, 4) is 11.5 Å². The van der Waals surface area contributed by atoms with Gasteiger partial charge in [-0.3, -0.25) is 0 Å². The number of benzene rings is 1. The number of ether oxygens (including phenoxy) is 2. The summed E-state index contributed by atoms with van der Waals surface area (Å²) in [5.74, 6) is 1.46. The molecule has 0 aliphatic heterocycles. The first-order chi connectivity index (χ1) is 8.33. The van der Waals surface area contributed by atoms with E-state index in [1.165, 1.54) is 0 Å². The lowest BCUT2D eigenvalue weighted by molar-refractivity contribution is 0.355. The van der Waals surface area contributed by atoms with Crippen molar-refractivity contribution in [1.29, 1.82) is 0 Å². The molecule has 0 unspecified atom stereocenters. The number of methoxy groups -OCH3 is 2. The largest absolute Gasteiger partial charge is 0.493 e. The average Bonchev–Trinajstić information content (AvgIpc) is 2.89. The molecule has 4 heteroatoms. The van der Waals surface area contributed by atoms with Gasteiger partial charge in [0.2, 0.25) is 0 Å². The molecule has 0 fully saturated rings. The van der Waals surface area contributed by atoms with Crippen LogP contribution in [0.25, 0.3) is 0 Å². The van der Waals surface area contributed by atoms with Crippen LogP contribution in [0.2, 0.25) is 0 Å². The number of anilines is 1. The molecule has 0 radical (unpaired) electrons. The van der Waals surface area contributed by atoms with Gasteiger partial charge in [0, 0.05) is 23.6 Å². The van der Waals surface area contributed by atoms with E-state index in [0.29, 0.717) is 0 Å². The molecule has 0 aliphatic carbocycles. The second-order valence-electron chi connectivity index (χ2n) is 3.62. The van der Waals surface area contributed by atoms with E-state index in [1.54, 1.807) is 14.2 Å². The zero-order valence-electron chi connectivity index (χ0n) is 9.99. The Labute approximate surface area is 101 Å². The van der Waals surface area contributed by atoms with Crippen LogP contribution in [-0.4, -0.2) is 19.2 Å². The maximum atomic E-state index is 5.24. The highest BCUT2D eigenvalue weighted by Gasteiger charge is 2.04. The summed E-state index contributed by atoms with van der Waals surface area (Å²) in [4.78, 5) is 3.14. The van der Waals surface area contributed by atoms with Crippen LogP contribution < -0.4 is 14.8 Å². The molecule has 0 spiro atoms. The van der Waals surface area contributed by atoms with Gasteiger partial charge in [-0.25, -0.2) is 0 Å². The predicted molar refractivity (Wildman–Crippen MR) is 67.7 cm³/mol. The van der Waals surface area contributed by atoms with Crippen LogP contribution in [0.15, 0.2) is 36.5 Å². The summed E-state index contributed by atoms with van der Waals surface area (Å²) in [5, 5.41) is 3.31. The number of hydrogen-bond acceptors (Lipinski definition) is 3. The number of rotatable bonds is 5. The summed E-state index contributed by atoms with van der Waals surface area (Å²) in [6, 6.07) is 9.78. The van der Waals surface area contributed by atoms with Crippen LogP contribution in [0.4, 0.5) is 5.69 Å². The van der Waals surface area contributed by atoms with Gasteiger partial charge in [-0.05, 0) is 24.3 Å². The Balaban J connectivity index is 2.06. The van der Waals surface area contributed by atoms with Crippen LogP contribution in [0, 0.1) is 0 Å². The lowest BCUT2D eigenvalue weighted by atomic mass is 10.2. The van der Waals surface area contributed by atoms with Crippen LogP contribution >= 0.6 is 0 Å². The Bertz CT molecular complexity index is 466. The fraction of sp³-hybridized carbons (Fsp3) is 0.231. The monoisotopic (exact) mass is 232 g/mol. The minimum Gasteiger partial charge on any atom is -0.493 e. The lowest BCUT2D eigenvalue weighted by Crippen LogP contribution is -2.00. The van der Waals surface area contributed by atoms with Gasteiger partial charge in [0.05, 0.1) is 20.8 Å². The first kappa shape index (κ1) is 11.4. The topological polar surface area (TPSA) is 46.3 Å². The number of hydrogen-bond donors (Lipinski definition) is 2. The van der Waals surface area contributed by atoms with Crippen molar-refractivity contribution in [2.24, 2.45) is 0 Å². The van der Waals surface area contributed by atoms with E-state index >= 15 is 0 Å². The Hall–Kier alpha value is -2.10. The molecule has 2 rings (SSSR count). The van der Waals surface area contributed by atoms with Crippen molar-refractivity contribution in [3.63, 3.8) is 0 Å². The van der Waals surface area contributed by atoms with E-state index in [-0.39, 0.29) is 0 Å². The Morgan fingerprint density at radius 1 is 1.12 bits per heavy atom. The highest BCUT2D eigenvalue weighted by atomic mass is 16.5. The zero-order valence-corrected chi connectivity index (χ0v) is 9.99. The number of aromatic amines is 1. The van der Waals surface area contributed by atoms with Crippen LogP contribution in [0.3, 0.4) is 0 Å². The van der Waals surface area contributed by atoms with Gasteiger partial charge >= 0.3 is 0 Å². The van der Waals surface area contributed by atoms with Crippen molar-refractivity contribution in [1.82, 2.24) is 4.98 Å². The smallest absolute Gasteiger partial charge is 0.162 e. The third-order valence-corrected chi connectivity index (χ3v) is 2.53. The fourth-order valence-corrected chi connectivity index (χ4v) is 1.62. The number of H-pyrrole nitrogens is 1. The summed E-state index contributed by atoms with van der Waals surface area (Å²) >= 11 is 0. The highest BCUT2D eigenvalue weighted by molar-refractivity contribution is 5.54. The second-order valence-corrected chi connectivity index (χ2v) is 3.62. The summed E-state index contributed by atoms with van der Waals surface area (Å²) in [6.07, 6.45) is 1.91. The molecular formula is C13H16N2O2. The summed E-state index contributed by atoms with van der Waals surface area (Å²) in [5.41, 5.74) is 2.14. The summed E-state index contributed by atoms with van der Waals surface area (Å²) < 4.78 is 10.4. The quantitative estimate of drug-likeness (QED) is 0.833. The minimum atomic E-state index is 0.726. The Kier molecular flexibility index (Phi) is 3.55. The molecule has 2 N–H and O–H groups in total. The molecule has 2 aromatic rings. The van der Waals surface area contributed by atoms with Gasteiger partial charge < -0.3 is 19.8 Å². The van der Waals surface area contributed by atoms with Crippen molar-refractivity contribution in [2.75, 3.05) is 19.5 Å². The number of nitrogens with one attached hydrogen (secondary N) is 2. The van der Waals surface area contributed by atoms with E-state index in [0.717, 1.165) is 29.4 Å². The van der Waals surface area contributed by atoms with Gasteiger partial charge in [-0.2, -0.15) is 0 Å². The van der Waals surface area contributed by atoms with Gasteiger partial charge in [-0.1, -0.05) is 0 Å². The highest BCUT2D eigenvalue weighted by Crippen LogP contribution is 2.29. The molecule has 90 valence electrons. The zero-order chi connectivity index (χ0) is 12.1. The first-order valence-corrected chi connectivity index (χ1v) is 5.41. The predicted octanol–water partition coefficient (Wildman–Crippen LogP) is 2.64. The van der Waals surface area contributed by atoms with E-state index < -0.39 is 0 Å². The third kappa shape index (κ3) is 2.72. The Morgan fingerprint density at radius 2 is 1.94 bits per heavy atom. The molecule has 1 heterocycles. The molecule has 1 aromatic carbocycles. The standard InChI is InChI=1S/C13H16N2O2/c1-16-12-6-5-10(8-13(12)17-2)15-9-11-4-3-7-14-11/h3-8,14-15H,9H2,1-2H3. The normalized spacial score (nSPS) is 10.0. The molecule has 0 atom stereocenters. The first-order valence-electron chi connectivity index (χ1n) is 5.41. The van der Waals surface area contributed by atoms with Gasteiger partial charge in [-0.15, -0.1) is 0 Å². The fourth-order valence-electron chi connectivity index (χ4n) is 1.62. The molecule has 17 heavy (non-hydrogen) atoms. The molecule has 0 saturated carbocycles. The van der Waals surface area contributed by atoms with Crippen molar-refractivity contribution in [3.05, 3.63) is 42.2 Å². The summed E-state index contributed by atoms with van der Waals surface area (Å²) in [6.45, 7) is 0.752. The Morgan fingerprint density at radius 3 is 2.59 bits per heavy atom. The average molecular weight is 232 g/mol. The molecule has 0 amide bonds. The van der Waals surface area contributed by atoms with E-state index in [2.05, 4.69) is 10.3 Å². The van der Waals surface area contributed by atoms with Crippen molar-refractivity contribution in [2.45, 2.75) is 6.54 Å². The van der Waals surface area contributed by atoms with Crippen LogP contribution in [0.5, 0.6) is 11.5 Å². The molecule has 0 bridgehead atoms. The van der Waals surface area contributed by atoms with Crippen LogP contribution in [-0.2, 0) is 6.54 Å². The van der Waals surface area contributed by atoms with Crippen LogP contribution in [0.1, 0.15) is 5.69 Å².